The van der Waals surface area contributed by atoms with Gasteiger partial charge in [0.25, 0.3) is 5.09 Å². The Morgan fingerprint density at radius 1 is 1.18 bits per heavy atom. The zero-order valence-electron chi connectivity index (χ0n) is 22.5. The number of hydrogen-bond acceptors (Lipinski definition) is 7. The van der Waals surface area contributed by atoms with Gasteiger partial charge >= 0.3 is 0 Å². The second-order valence-corrected chi connectivity index (χ2v) is 10.6. The van der Waals surface area contributed by atoms with Crippen LogP contribution in [0.2, 0.25) is 5.02 Å². The molecule has 1 fully saturated rings. The third-order valence-corrected chi connectivity index (χ3v) is 7.26. The highest BCUT2D eigenvalue weighted by molar-refractivity contribution is 6.30. The highest BCUT2D eigenvalue weighted by Gasteiger charge is 2.39. The van der Waals surface area contributed by atoms with E-state index in [1.807, 2.05) is 42.5 Å². The van der Waals surface area contributed by atoms with Gasteiger partial charge < -0.3 is 25.5 Å². The summed E-state index contributed by atoms with van der Waals surface area (Å²) in [6.45, 7) is 0.704. The van der Waals surface area contributed by atoms with Gasteiger partial charge in [-0.1, -0.05) is 60.9 Å². The SMILES string of the molecule is O=C(CCCC=CC[C@@H]1[C@@H](C=C[C@@H](O)CCc2cccc(Cl)c2)[C@H](O)C[C@@H]1O)NCCCCCCO[N+](=O)[O-]. The van der Waals surface area contributed by atoms with Gasteiger partial charge in [0.1, 0.15) is 0 Å². The summed E-state index contributed by atoms with van der Waals surface area (Å²) in [6, 6.07) is 7.56. The number of halogens is 1. The van der Waals surface area contributed by atoms with E-state index in [9.17, 15) is 30.2 Å². The van der Waals surface area contributed by atoms with E-state index in [1.165, 1.54) is 0 Å². The number of carbonyl (C=O) groups excluding carboxylic acids is 1. The molecule has 0 spiro atoms. The summed E-state index contributed by atoms with van der Waals surface area (Å²) in [6.07, 6.45) is 12.9. The predicted octanol–water partition coefficient (Wildman–Crippen LogP) is 4.55. The minimum atomic E-state index is -0.786. The molecule has 0 bridgehead atoms. The molecule has 0 saturated heterocycles. The molecule has 5 atom stereocenters. The van der Waals surface area contributed by atoms with E-state index in [1.54, 1.807) is 6.08 Å². The Bertz CT molecular complexity index is 927. The molecule has 10 heteroatoms. The molecule has 1 amide bonds. The number of aliphatic hydroxyl groups is 3. The fraction of sp³-hybridized carbons (Fsp3) is 0.621. The van der Waals surface area contributed by atoms with Gasteiger partial charge in [-0.05, 0) is 68.6 Å². The number of aliphatic hydroxyl groups excluding tert-OH is 3. The summed E-state index contributed by atoms with van der Waals surface area (Å²) in [5, 5.41) is 44.1. The van der Waals surface area contributed by atoms with Crippen LogP contribution < -0.4 is 5.32 Å². The third kappa shape index (κ3) is 13.9. The van der Waals surface area contributed by atoms with E-state index in [4.69, 9.17) is 11.6 Å². The lowest BCUT2D eigenvalue weighted by Gasteiger charge is -2.19. The predicted molar refractivity (Wildman–Crippen MR) is 151 cm³/mol. The van der Waals surface area contributed by atoms with E-state index in [-0.39, 0.29) is 24.3 Å². The van der Waals surface area contributed by atoms with Crippen LogP contribution in [0.15, 0.2) is 48.6 Å². The number of unbranched alkanes of at least 4 members (excludes halogenated alkanes) is 4. The van der Waals surface area contributed by atoms with Crippen LogP contribution in [-0.2, 0) is 16.1 Å². The van der Waals surface area contributed by atoms with Crippen molar-refractivity contribution < 1.29 is 30.0 Å². The van der Waals surface area contributed by atoms with Crippen molar-refractivity contribution >= 4 is 17.5 Å². The Morgan fingerprint density at radius 3 is 2.74 bits per heavy atom. The molecule has 1 aromatic rings. The number of hydrogen-bond donors (Lipinski definition) is 4. The molecule has 1 aromatic carbocycles. The number of allylic oxidation sites excluding steroid dienone is 2. The largest absolute Gasteiger partial charge is 0.393 e. The van der Waals surface area contributed by atoms with Crippen LogP contribution in [0.25, 0.3) is 0 Å². The summed E-state index contributed by atoms with van der Waals surface area (Å²) < 4.78 is 0. The van der Waals surface area contributed by atoms with Crippen LogP contribution in [0, 0.1) is 22.0 Å². The summed E-state index contributed by atoms with van der Waals surface area (Å²) >= 11 is 6.01. The number of nitrogens with zero attached hydrogens (tertiary/aromatic N) is 1. The molecule has 0 aliphatic heterocycles. The summed E-state index contributed by atoms with van der Waals surface area (Å²) in [7, 11) is 0. The second kappa shape index (κ2) is 18.8. The number of nitrogens with one attached hydrogen (secondary N) is 1. The minimum absolute atomic E-state index is 0.00791. The molecule has 1 aliphatic rings. The Labute approximate surface area is 236 Å². The third-order valence-electron chi connectivity index (χ3n) is 7.03. The maximum atomic E-state index is 12.0. The topological polar surface area (TPSA) is 142 Å². The lowest BCUT2D eigenvalue weighted by molar-refractivity contribution is -0.757. The quantitative estimate of drug-likeness (QED) is 0.0832. The van der Waals surface area contributed by atoms with Gasteiger partial charge in [-0.15, -0.1) is 10.1 Å². The van der Waals surface area contributed by atoms with E-state index in [2.05, 4.69) is 10.2 Å². The first-order valence-electron chi connectivity index (χ1n) is 13.9. The molecule has 0 radical (unpaired) electrons. The summed E-state index contributed by atoms with van der Waals surface area (Å²) in [5.74, 6) is -0.340. The van der Waals surface area contributed by atoms with Gasteiger partial charge in [0.05, 0.1) is 24.9 Å². The molecule has 39 heavy (non-hydrogen) atoms. The minimum Gasteiger partial charge on any atom is -0.393 e. The van der Waals surface area contributed by atoms with Gasteiger partial charge in [0, 0.05) is 30.3 Å². The molecular formula is C29H43ClN2O7. The molecule has 2 rings (SSSR count). The first-order valence-corrected chi connectivity index (χ1v) is 14.3. The Hall–Kier alpha value is -2.46. The highest BCUT2D eigenvalue weighted by Crippen LogP contribution is 2.36. The standard InChI is InChI=1S/C29H43ClN2O7/c30-23-11-9-10-22(20-23)14-15-24(33)16-17-26-25(27(34)21-28(26)35)12-5-1-2-6-13-29(36)31-18-7-3-4-8-19-39-32(37)38/h1,5,9-11,16-17,20,24-28,33-35H,2-4,6-8,12-15,18-19,21H2,(H,31,36)/t24-,25+,26+,27-,28+/m0/s1. The average Bonchev–Trinajstić information content (AvgIpc) is 3.16. The Morgan fingerprint density at radius 2 is 1.97 bits per heavy atom. The fourth-order valence-corrected chi connectivity index (χ4v) is 5.07. The Kier molecular flexibility index (Phi) is 15.8. The van der Waals surface area contributed by atoms with Crippen LogP contribution in [0.5, 0.6) is 0 Å². The Balaban J connectivity index is 1.61. The van der Waals surface area contributed by atoms with Gasteiger partial charge in [-0.2, -0.15) is 0 Å². The first kappa shape index (κ1) is 32.8. The lowest BCUT2D eigenvalue weighted by atomic mass is 9.89. The van der Waals surface area contributed by atoms with Crippen LogP contribution in [0.4, 0.5) is 0 Å². The lowest BCUT2D eigenvalue weighted by Crippen LogP contribution is -2.23. The van der Waals surface area contributed by atoms with E-state index >= 15 is 0 Å². The number of rotatable bonds is 19. The van der Waals surface area contributed by atoms with Crippen LogP contribution in [0.3, 0.4) is 0 Å². The van der Waals surface area contributed by atoms with E-state index < -0.39 is 23.4 Å². The van der Waals surface area contributed by atoms with Crippen LogP contribution >= 0.6 is 11.6 Å². The van der Waals surface area contributed by atoms with Crippen molar-refractivity contribution in [3.05, 3.63) is 69.3 Å². The summed E-state index contributed by atoms with van der Waals surface area (Å²) in [4.78, 5) is 26.3. The monoisotopic (exact) mass is 566 g/mol. The maximum Gasteiger partial charge on any atom is 0.294 e. The molecule has 0 aromatic heterocycles. The van der Waals surface area contributed by atoms with Crippen molar-refractivity contribution in [2.75, 3.05) is 13.2 Å². The van der Waals surface area contributed by atoms with Crippen molar-refractivity contribution in [2.45, 2.75) is 88.9 Å². The molecule has 1 saturated carbocycles. The second-order valence-electron chi connectivity index (χ2n) is 10.2. The van der Waals surface area contributed by atoms with Crippen molar-refractivity contribution in [3.63, 3.8) is 0 Å². The summed E-state index contributed by atoms with van der Waals surface area (Å²) in [5.41, 5.74) is 1.06. The first-order chi connectivity index (χ1) is 18.8. The molecule has 9 nitrogen and oxygen atoms in total. The molecule has 218 valence electrons. The van der Waals surface area contributed by atoms with Gasteiger partial charge in [0.15, 0.2) is 0 Å². The number of aryl methyl sites for hydroxylation is 1. The normalized spacial score (nSPS) is 21.9. The number of carbonyl (C=O) groups is 1. The van der Waals surface area contributed by atoms with Crippen molar-refractivity contribution in [1.82, 2.24) is 5.32 Å². The van der Waals surface area contributed by atoms with Crippen molar-refractivity contribution in [2.24, 2.45) is 11.8 Å². The number of benzene rings is 1. The van der Waals surface area contributed by atoms with Crippen molar-refractivity contribution in [1.29, 1.82) is 0 Å². The molecule has 4 N–H and O–H groups in total. The number of amides is 1. The van der Waals surface area contributed by atoms with Crippen molar-refractivity contribution in [3.8, 4) is 0 Å². The van der Waals surface area contributed by atoms with Crippen LogP contribution in [0.1, 0.15) is 69.8 Å². The molecule has 0 heterocycles. The van der Waals surface area contributed by atoms with Gasteiger partial charge in [-0.25, -0.2) is 0 Å². The zero-order chi connectivity index (χ0) is 28.5. The van der Waals surface area contributed by atoms with Gasteiger partial charge in [-0.3, -0.25) is 4.79 Å². The van der Waals surface area contributed by atoms with E-state index in [0.29, 0.717) is 50.1 Å². The zero-order valence-corrected chi connectivity index (χ0v) is 23.3. The average molecular weight is 567 g/mol. The molecular weight excluding hydrogens is 524 g/mol. The fourth-order valence-electron chi connectivity index (χ4n) is 4.85. The molecule has 0 unspecified atom stereocenters. The molecule has 1 aliphatic carbocycles. The van der Waals surface area contributed by atoms with Gasteiger partial charge in [0.2, 0.25) is 5.91 Å². The van der Waals surface area contributed by atoms with E-state index in [0.717, 1.165) is 37.7 Å². The maximum absolute atomic E-state index is 12.0. The van der Waals surface area contributed by atoms with Crippen LogP contribution in [-0.4, -0.2) is 57.8 Å². The highest BCUT2D eigenvalue weighted by atomic mass is 35.5. The smallest absolute Gasteiger partial charge is 0.294 e.